The molecule has 0 spiro atoms. The largest absolute Gasteiger partial charge is 0.291 e. The maximum Gasteiger partial charge on any atom is 0.243 e. The van der Waals surface area contributed by atoms with Gasteiger partial charge in [0.15, 0.2) is 5.11 Å². The molecular formula is C9H14N2O2S. The second-order valence-corrected chi connectivity index (χ2v) is 4.06. The molecule has 1 saturated heterocycles. The monoisotopic (exact) mass is 214 g/mol. The molecule has 0 aliphatic carbocycles. The molecule has 0 unspecified atom stereocenters. The van der Waals surface area contributed by atoms with Crippen molar-refractivity contribution in [2.24, 2.45) is 5.41 Å². The number of thiocarbonyl (C=S) groups is 1. The van der Waals surface area contributed by atoms with E-state index in [0.717, 1.165) is 0 Å². The Hall–Kier alpha value is -0.970. The summed E-state index contributed by atoms with van der Waals surface area (Å²) in [7, 11) is 3.20. The van der Waals surface area contributed by atoms with Gasteiger partial charge in [0, 0.05) is 14.1 Å². The second-order valence-electron chi connectivity index (χ2n) is 3.70. The Bertz CT molecular complexity index is 290. The highest BCUT2D eigenvalue weighted by atomic mass is 32.1. The van der Waals surface area contributed by atoms with Crippen molar-refractivity contribution < 1.29 is 9.59 Å². The van der Waals surface area contributed by atoms with E-state index >= 15 is 0 Å². The molecule has 1 fully saturated rings. The third kappa shape index (κ3) is 1.23. The summed E-state index contributed by atoms with van der Waals surface area (Å²) in [6, 6.07) is 0. The van der Waals surface area contributed by atoms with Gasteiger partial charge in [-0.25, -0.2) is 0 Å². The van der Waals surface area contributed by atoms with Crippen molar-refractivity contribution in [2.45, 2.75) is 20.3 Å². The van der Waals surface area contributed by atoms with E-state index in [1.165, 1.54) is 9.80 Å². The molecule has 2 amide bonds. The summed E-state index contributed by atoms with van der Waals surface area (Å²) < 4.78 is 0. The Kier molecular flexibility index (Phi) is 2.63. The van der Waals surface area contributed by atoms with Crippen molar-refractivity contribution in [1.82, 2.24) is 9.80 Å². The Balaban J connectivity index is 3.17. The molecule has 0 bridgehead atoms. The van der Waals surface area contributed by atoms with Gasteiger partial charge in [-0.2, -0.15) is 0 Å². The Morgan fingerprint density at radius 3 is 1.86 bits per heavy atom. The topological polar surface area (TPSA) is 40.6 Å². The first-order chi connectivity index (χ1) is 6.36. The van der Waals surface area contributed by atoms with Crippen molar-refractivity contribution in [1.29, 1.82) is 0 Å². The van der Waals surface area contributed by atoms with Crippen molar-refractivity contribution in [3.8, 4) is 0 Å². The molecule has 0 radical (unpaired) electrons. The quantitative estimate of drug-likeness (QED) is 0.474. The number of amides is 2. The molecule has 1 aliphatic rings. The van der Waals surface area contributed by atoms with Crippen LogP contribution in [0.3, 0.4) is 0 Å². The predicted molar refractivity (Wildman–Crippen MR) is 56.5 cm³/mol. The van der Waals surface area contributed by atoms with Crippen LogP contribution in [-0.4, -0.2) is 40.8 Å². The first-order valence-corrected chi connectivity index (χ1v) is 4.87. The summed E-state index contributed by atoms with van der Waals surface area (Å²) in [6.45, 7) is 3.48. The number of rotatable bonds is 1. The van der Waals surface area contributed by atoms with Gasteiger partial charge in [0.05, 0.1) is 0 Å². The van der Waals surface area contributed by atoms with Crippen molar-refractivity contribution in [3.05, 3.63) is 0 Å². The summed E-state index contributed by atoms with van der Waals surface area (Å²) in [5.74, 6) is -0.429. The summed E-state index contributed by atoms with van der Waals surface area (Å²) in [5.41, 5.74) is -0.953. The lowest BCUT2D eigenvalue weighted by molar-refractivity contribution is -0.153. The lowest BCUT2D eigenvalue weighted by Crippen LogP contribution is -2.61. The number of hydrogen-bond donors (Lipinski definition) is 0. The molecule has 0 saturated carbocycles. The van der Waals surface area contributed by atoms with Gasteiger partial charge in [-0.15, -0.1) is 0 Å². The number of carbonyl (C=O) groups is 2. The van der Waals surface area contributed by atoms with E-state index in [2.05, 4.69) is 0 Å². The first-order valence-electron chi connectivity index (χ1n) is 4.46. The zero-order chi connectivity index (χ0) is 11.1. The van der Waals surface area contributed by atoms with Crippen LogP contribution in [0.25, 0.3) is 0 Å². The number of hydrogen-bond acceptors (Lipinski definition) is 3. The predicted octanol–water partition coefficient (Wildman–Crippen LogP) is 0.618. The molecule has 4 nitrogen and oxygen atoms in total. The van der Waals surface area contributed by atoms with Crippen LogP contribution in [0, 0.1) is 5.41 Å². The van der Waals surface area contributed by atoms with Gasteiger partial charge in [0.25, 0.3) is 0 Å². The lowest BCUT2D eigenvalue weighted by Gasteiger charge is -2.40. The van der Waals surface area contributed by atoms with E-state index in [-0.39, 0.29) is 16.9 Å². The van der Waals surface area contributed by atoms with Crippen LogP contribution >= 0.6 is 12.2 Å². The summed E-state index contributed by atoms with van der Waals surface area (Å²) >= 11 is 4.97. The minimum Gasteiger partial charge on any atom is -0.291 e. The van der Waals surface area contributed by atoms with Gasteiger partial charge in [0.1, 0.15) is 5.41 Å². The number of carbonyl (C=O) groups excluding carboxylic acids is 2. The minimum absolute atomic E-state index is 0.215. The molecule has 0 aromatic rings. The Labute approximate surface area is 88.9 Å². The SMILES string of the molecule is CCC1(C)C(=O)N(C)C(=S)N(C)C1=O. The van der Waals surface area contributed by atoms with Gasteiger partial charge in [-0.1, -0.05) is 6.92 Å². The van der Waals surface area contributed by atoms with Crippen LogP contribution in [0.15, 0.2) is 0 Å². The molecule has 1 rings (SSSR count). The van der Waals surface area contributed by atoms with E-state index in [1.807, 2.05) is 6.92 Å². The van der Waals surface area contributed by atoms with Gasteiger partial charge in [0.2, 0.25) is 11.8 Å². The van der Waals surface area contributed by atoms with Gasteiger partial charge in [-0.05, 0) is 25.6 Å². The van der Waals surface area contributed by atoms with Crippen LogP contribution in [0.1, 0.15) is 20.3 Å². The zero-order valence-corrected chi connectivity index (χ0v) is 9.64. The third-order valence-corrected chi connectivity index (χ3v) is 3.38. The molecule has 1 aliphatic heterocycles. The highest BCUT2D eigenvalue weighted by Gasteiger charge is 2.49. The molecule has 0 atom stereocenters. The average molecular weight is 214 g/mol. The zero-order valence-electron chi connectivity index (χ0n) is 8.83. The lowest BCUT2D eigenvalue weighted by atomic mass is 9.83. The highest BCUT2D eigenvalue weighted by molar-refractivity contribution is 7.80. The Morgan fingerprint density at radius 1 is 1.21 bits per heavy atom. The fraction of sp³-hybridized carbons (Fsp3) is 0.667. The second kappa shape index (κ2) is 3.31. The van der Waals surface area contributed by atoms with Crippen molar-refractivity contribution in [3.63, 3.8) is 0 Å². The molecule has 78 valence electrons. The fourth-order valence-electron chi connectivity index (χ4n) is 1.53. The Morgan fingerprint density at radius 2 is 1.57 bits per heavy atom. The molecule has 0 N–H and O–H groups in total. The molecular weight excluding hydrogens is 200 g/mol. The number of nitrogens with zero attached hydrogens (tertiary/aromatic N) is 2. The van der Waals surface area contributed by atoms with Crippen LogP contribution < -0.4 is 0 Å². The maximum absolute atomic E-state index is 11.8. The van der Waals surface area contributed by atoms with E-state index in [0.29, 0.717) is 6.42 Å². The summed E-state index contributed by atoms with van der Waals surface area (Å²) in [6.07, 6.45) is 0.488. The third-order valence-electron chi connectivity index (χ3n) is 2.83. The average Bonchev–Trinajstić information content (AvgIpc) is 2.21. The molecule has 0 aromatic carbocycles. The smallest absolute Gasteiger partial charge is 0.243 e. The van der Waals surface area contributed by atoms with E-state index in [9.17, 15) is 9.59 Å². The normalized spacial score (nSPS) is 21.9. The highest BCUT2D eigenvalue weighted by Crippen LogP contribution is 2.30. The van der Waals surface area contributed by atoms with Crippen molar-refractivity contribution >= 4 is 29.1 Å². The molecule has 0 aromatic heterocycles. The molecule has 14 heavy (non-hydrogen) atoms. The first kappa shape index (κ1) is 11.1. The molecule has 5 heteroatoms. The fourth-order valence-corrected chi connectivity index (χ4v) is 1.70. The standard InChI is InChI=1S/C9H14N2O2S/c1-5-9(2)6(12)10(3)8(14)11(4)7(9)13/h5H2,1-4H3. The van der Waals surface area contributed by atoms with Gasteiger partial charge in [-0.3, -0.25) is 19.4 Å². The minimum atomic E-state index is -0.953. The van der Waals surface area contributed by atoms with E-state index in [4.69, 9.17) is 12.2 Å². The van der Waals surface area contributed by atoms with Crippen LogP contribution in [-0.2, 0) is 9.59 Å². The molecule has 1 heterocycles. The maximum atomic E-state index is 11.8. The van der Waals surface area contributed by atoms with Crippen LogP contribution in [0.2, 0.25) is 0 Å². The van der Waals surface area contributed by atoms with Gasteiger partial charge < -0.3 is 0 Å². The van der Waals surface area contributed by atoms with E-state index in [1.54, 1.807) is 21.0 Å². The van der Waals surface area contributed by atoms with E-state index < -0.39 is 5.41 Å². The summed E-state index contributed by atoms with van der Waals surface area (Å²) in [5, 5.41) is 0.269. The summed E-state index contributed by atoms with van der Waals surface area (Å²) in [4.78, 5) is 26.4. The van der Waals surface area contributed by atoms with Crippen LogP contribution in [0.4, 0.5) is 0 Å². The van der Waals surface area contributed by atoms with Gasteiger partial charge >= 0.3 is 0 Å². The van der Waals surface area contributed by atoms with Crippen LogP contribution in [0.5, 0.6) is 0 Å². The van der Waals surface area contributed by atoms with Crippen molar-refractivity contribution in [2.75, 3.05) is 14.1 Å².